The van der Waals surface area contributed by atoms with Crippen molar-refractivity contribution in [3.05, 3.63) is 65.5 Å². The molecule has 0 unspecified atom stereocenters. The first-order chi connectivity index (χ1) is 14.6. The highest BCUT2D eigenvalue weighted by Crippen LogP contribution is 2.26. The van der Waals surface area contributed by atoms with Crippen LogP contribution in [0, 0.1) is 0 Å². The van der Waals surface area contributed by atoms with Gasteiger partial charge in [-0.2, -0.15) is 0 Å². The van der Waals surface area contributed by atoms with Gasteiger partial charge in [-0.15, -0.1) is 0 Å². The minimum Gasteiger partial charge on any atom is -0.492 e. The highest BCUT2D eigenvalue weighted by atomic mass is 32.2. The molecule has 3 aromatic rings. The van der Waals surface area contributed by atoms with E-state index in [0.717, 1.165) is 28.6 Å². The lowest BCUT2D eigenvalue weighted by Crippen LogP contribution is -2.25. The molecular weight excluding hydrogens is 404 g/mol. The van der Waals surface area contributed by atoms with Crippen LogP contribution in [0.15, 0.2) is 64.4 Å². The Kier molecular flexibility index (Phi) is 5.80. The highest BCUT2D eigenvalue weighted by molar-refractivity contribution is 8.18. The second-order valence-corrected chi connectivity index (χ2v) is 7.46. The number of likely N-dealkylation sites (N-methyl/N-ethyl adjacent to an activating group) is 1. The van der Waals surface area contributed by atoms with Crippen LogP contribution in [0.2, 0.25) is 0 Å². The van der Waals surface area contributed by atoms with Crippen molar-refractivity contribution in [2.24, 2.45) is 0 Å². The molecule has 1 aliphatic heterocycles. The van der Waals surface area contributed by atoms with Crippen molar-refractivity contribution < 1.29 is 18.7 Å². The van der Waals surface area contributed by atoms with E-state index in [-0.39, 0.29) is 11.1 Å². The predicted molar refractivity (Wildman–Crippen MR) is 114 cm³/mol. The molecule has 9 heteroatoms. The maximum absolute atomic E-state index is 11.6. The molecular formula is C21H18N4O4S. The number of nitrogens with zero attached hydrogens (tertiary/aromatic N) is 3. The number of hydrogen-bond acceptors (Lipinski definition) is 8. The van der Waals surface area contributed by atoms with Crippen molar-refractivity contribution in [1.82, 2.24) is 15.3 Å². The Morgan fingerprint density at radius 2 is 1.93 bits per heavy atom. The van der Waals surface area contributed by atoms with E-state index < -0.39 is 0 Å². The molecule has 1 saturated heterocycles. The number of hydrogen-bond donors (Lipinski definition) is 1. The molecule has 1 N–H and O–H groups in total. The molecule has 0 bridgehead atoms. The Balaban J connectivity index is 1.28. The molecule has 152 valence electrons. The largest absolute Gasteiger partial charge is 0.492 e. The van der Waals surface area contributed by atoms with Crippen LogP contribution in [-0.4, -0.2) is 41.3 Å². The number of carbonyl (C=O) groups excluding carboxylic acids is 2. The lowest BCUT2D eigenvalue weighted by molar-refractivity contribution is -0.115. The third-order valence-electron chi connectivity index (χ3n) is 4.30. The van der Waals surface area contributed by atoms with Gasteiger partial charge in [0.2, 0.25) is 5.95 Å². The van der Waals surface area contributed by atoms with Crippen LogP contribution in [-0.2, 0) is 4.79 Å². The summed E-state index contributed by atoms with van der Waals surface area (Å²) in [6, 6.07) is 11.0. The van der Waals surface area contributed by atoms with Crippen molar-refractivity contribution in [1.29, 1.82) is 0 Å². The Morgan fingerprint density at radius 3 is 2.57 bits per heavy atom. The van der Waals surface area contributed by atoms with Gasteiger partial charge in [0, 0.05) is 19.4 Å². The van der Waals surface area contributed by atoms with Gasteiger partial charge in [0.05, 0.1) is 23.3 Å². The molecule has 1 aliphatic rings. The lowest BCUT2D eigenvalue weighted by atomic mass is 10.2. The zero-order valence-electron chi connectivity index (χ0n) is 16.1. The first-order valence-corrected chi connectivity index (χ1v) is 9.95. The number of ether oxygens (including phenoxy) is 1. The monoisotopic (exact) mass is 422 g/mol. The van der Waals surface area contributed by atoms with Crippen LogP contribution in [0.4, 0.5) is 10.7 Å². The average molecular weight is 422 g/mol. The van der Waals surface area contributed by atoms with E-state index >= 15 is 0 Å². The molecule has 0 spiro atoms. The quantitative estimate of drug-likeness (QED) is 0.577. The van der Waals surface area contributed by atoms with Gasteiger partial charge in [-0.05, 0) is 47.7 Å². The SMILES string of the molecule is CN(CCOc1ccc(/C=C2\SC(=O)NC2=O)cc1)c1ncc(-c2ccco2)cn1. The number of furan rings is 1. The summed E-state index contributed by atoms with van der Waals surface area (Å²) in [5.41, 5.74) is 1.64. The Morgan fingerprint density at radius 1 is 1.17 bits per heavy atom. The number of imide groups is 1. The molecule has 0 radical (unpaired) electrons. The molecule has 30 heavy (non-hydrogen) atoms. The van der Waals surface area contributed by atoms with Crippen LogP contribution in [0.5, 0.6) is 5.75 Å². The second-order valence-electron chi connectivity index (χ2n) is 6.44. The van der Waals surface area contributed by atoms with E-state index in [4.69, 9.17) is 9.15 Å². The standard InChI is InChI=1S/C21H18N4O4S/c1-25(20-22-12-15(13-23-20)17-3-2-9-29-17)8-10-28-16-6-4-14(5-7-16)11-18-19(26)24-21(27)30-18/h2-7,9,11-13H,8,10H2,1H3,(H,24,26,27)/b18-11-. The summed E-state index contributed by atoms with van der Waals surface area (Å²) < 4.78 is 11.1. The fourth-order valence-electron chi connectivity index (χ4n) is 2.72. The molecule has 2 amide bonds. The van der Waals surface area contributed by atoms with E-state index in [0.29, 0.717) is 29.8 Å². The number of benzene rings is 1. The summed E-state index contributed by atoms with van der Waals surface area (Å²) in [5, 5.41) is 1.88. The number of anilines is 1. The molecule has 0 aliphatic carbocycles. The summed E-state index contributed by atoms with van der Waals surface area (Å²) >= 11 is 0.895. The highest BCUT2D eigenvalue weighted by Gasteiger charge is 2.24. The fraction of sp³-hybridized carbons (Fsp3) is 0.143. The second kappa shape index (κ2) is 8.83. The van der Waals surface area contributed by atoms with Crippen LogP contribution >= 0.6 is 11.8 Å². The van der Waals surface area contributed by atoms with Gasteiger partial charge in [0.1, 0.15) is 18.1 Å². The normalized spacial score (nSPS) is 14.8. The molecule has 1 aromatic carbocycles. The summed E-state index contributed by atoms with van der Waals surface area (Å²) in [6.45, 7) is 1.05. The molecule has 8 nitrogen and oxygen atoms in total. The Labute approximate surface area is 177 Å². The smallest absolute Gasteiger partial charge is 0.290 e. The third-order valence-corrected chi connectivity index (χ3v) is 5.11. The first kappa shape index (κ1) is 19.7. The zero-order valence-corrected chi connectivity index (χ0v) is 16.9. The molecule has 2 aromatic heterocycles. The molecule has 0 atom stereocenters. The van der Waals surface area contributed by atoms with Gasteiger partial charge in [-0.1, -0.05) is 12.1 Å². The maximum Gasteiger partial charge on any atom is 0.290 e. The lowest BCUT2D eigenvalue weighted by Gasteiger charge is -2.17. The van der Waals surface area contributed by atoms with Gasteiger partial charge in [0.25, 0.3) is 11.1 Å². The van der Waals surface area contributed by atoms with Crippen LogP contribution in [0.3, 0.4) is 0 Å². The zero-order chi connectivity index (χ0) is 20.9. The van der Waals surface area contributed by atoms with E-state index in [1.807, 2.05) is 48.3 Å². The minimum atomic E-state index is -0.368. The summed E-state index contributed by atoms with van der Waals surface area (Å²) in [7, 11) is 1.89. The first-order valence-electron chi connectivity index (χ1n) is 9.13. The third kappa shape index (κ3) is 4.69. The van der Waals surface area contributed by atoms with E-state index in [2.05, 4.69) is 15.3 Å². The van der Waals surface area contributed by atoms with E-state index in [1.54, 1.807) is 24.7 Å². The van der Waals surface area contributed by atoms with Gasteiger partial charge in [0.15, 0.2) is 0 Å². The van der Waals surface area contributed by atoms with Gasteiger partial charge >= 0.3 is 0 Å². The molecule has 4 rings (SSSR count). The molecule has 3 heterocycles. The van der Waals surface area contributed by atoms with Crippen molar-refractivity contribution in [3.8, 4) is 17.1 Å². The summed E-state index contributed by atoms with van der Waals surface area (Å²) in [4.78, 5) is 33.8. The van der Waals surface area contributed by atoms with Crippen molar-refractivity contribution in [3.63, 3.8) is 0 Å². The van der Waals surface area contributed by atoms with Crippen molar-refractivity contribution in [2.75, 3.05) is 25.1 Å². The van der Waals surface area contributed by atoms with Crippen LogP contribution < -0.4 is 15.0 Å². The van der Waals surface area contributed by atoms with Gasteiger partial charge < -0.3 is 14.1 Å². The van der Waals surface area contributed by atoms with E-state index in [9.17, 15) is 9.59 Å². The Bertz CT molecular complexity index is 1060. The van der Waals surface area contributed by atoms with Crippen molar-refractivity contribution in [2.45, 2.75) is 0 Å². The fourth-order valence-corrected chi connectivity index (χ4v) is 3.40. The van der Waals surface area contributed by atoms with E-state index in [1.165, 1.54) is 0 Å². The number of amides is 2. The predicted octanol–water partition coefficient (Wildman–Crippen LogP) is 3.58. The number of nitrogens with one attached hydrogen (secondary N) is 1. The summed E-state index contributed by atoms with van der Waals surface area (Å²) in [6.07, 6.45) is 6.73. The Hall–Kier alpha value is -3.59. The molecule has 0 saturated carbocycles. The van der Waals surface area contributed by atoms with Gasteiger partial charge in [-0.3, -0.25) is 14.9 Å². The summed E-state index contributed by atoms with van der Waals surface area (Å²) in [5.74, 6) is 1.66. The number of carbonyl (C=O) groups is 2. The topological polar surface area (TPSA) is 97.6 Å². The number of thioether (sulfide) groups is 1. The minimum absolute atomic E-state index is 0.352. The molecule has 1 fully saturated rings. The maximum atomic E-state index is 11.6. The van der Waals surface area contributed by atoms with Gasteiger partial charge in [-0.25, -0.2) is 9.97 Å². The average Bonchev–Trinajstić information content (AvgIpc) is 3.39. The number of rotatable bonds is 7. The van der Waals surface area contributed by atoms with Crippen LogP contribution in [0.25, 0.3) is 17.4 Å². The van der Waals surface area contributed by atoms with Crippen molar-refractivity contribution >= 4 is 34.9 Å². The number of aromatic nitrogens is 2. The van der Waals surface area contributed by atoms with Crippen LogP contribution in [0.1, 0.15) is 5.56 Å².